The molecule has 2 heteroatoms. The van der Waals surface area contributed by atoms with Crippen LogP contribution in [0.5, 0.6) is 0 Å². The van der Waals surface area contributed by atoms with Gasteiger partial charge in [0, 0.05) is 5.69 Å². The van der Waals surface area contributed by atoms with Crippen LogP contribution in [0, 0.1) is 6.92 Å². The van der Waals surface area contributed by atoms with Gasteiger partial charge in [-0.3, -0.25) is 4.98 Å². The summed E-state index contributed by atoms with van der Waals surface area (Å²) in [6.07, 6.45) is 2.59. The van der Waals surface area contributed by atoms with E-state index in [1.54, 1.807) is 0 Å². The standard InChI is InChI=1S/C10H14N2/c1-3-5-9(11)10-7-4-6-8(2)12-10/h3-4,6-7,9H,1,5,11H2,2H3/t9-/m1/s1. The molecule has 1 heterocycles. The van der Waals surface area contributed by atoms with Gasteiger partial charge in [0.25, 0.3) is 0 Å². The molecule has 0 aromatic carbocycles. The van der Waals surface area contributed by atoms with Crippen LogP contribution in [-0.4, -0.2) is 4.98 Å². The summed E-state index contributed by atoms with van der Waals surface area (Å²) in [7, 11) is 0. The van der Waals surface area contributed by atoms with Crippen molar-refractivity contribution >= 4 is 0 Å². The highest BCUT2D eigenvalue weighted by molar-refractivity contribution is 5.13. The summed E-state index contributed by atoms with van der Waals surface area (Å²) in [5.41, 5.74) is 7.79. The number of rotatable bonds is 3. The van der Waals surface area contributed by atoms with Crippen LogP contribution in [0.25, 0.3) is 0 Å². The summed E-state index contributed by atoms with van der Waals surface area (Å²) < 4.78 is 0. The van der Waals surface area contributed by atoms with Gasteiger partial charge < -0.3 is 5.73 Å². The minimum absolute atomic E-state index is 0.0117. The fourth-order valence-electron chi connectivity index (χ4n) is 1.07. The Kier molecular flexibility index (Phi) is 3.00. The number of hydrogen-bond acceptors (Lipinski definition) is 2. The molecule has 0 saturated heterocycles. The van der Waals surface area contributed by atoms with E-state index in [9.17, 15) is 0 Å². The zero-order valence-corrected chi connectivity index (χ0v) is 7.33. The van der Waals surface area contributed by atoms with Crippen LogP contribution < -0.4 is 5.73 Å². The van der Waals surface area contributed by atoms with Crippen molar-refractivity contribution in [1.82, 2.24) is 4.98 Å². The molecule has 0 aliphatic carbocycles. The molecule has 0 aliphatic rings. The van der Waals surface area contributed by atoms with Crippen molar-refractivity contribution in [1.29, 1.82) is 0 Å². The zero-order chi connectivity index (χ0) is 8.97. The van der Waals surface area contributed by atoms with Gasteiger partial charge in [0.15, 0.2) is 0 Å². The number of hydrogen-bond donors (Lipinski definition) is 1. The maximum atomic E-state index is 5.84. The van der Waals surface area contributed by atoms with E-state index in [0.717, 1.165) is 17.8 Å². The van der Waals surface area contributed by atoms with Crippen LogP contribution in [0.3, 0.4) is 0 Å². The average Bonchev–Trinajstić information content (AvgIpc) is 2.05. The maximum absolute atomic E-state index is 5.84. The van der Waals surface area contributed by atoms with Crippen molar-refractivity contribution in [3.8, 4) is 0 Å². The summed E-state index contributed by atoms with van der Waals surface area (Å²) in [5, 5.41) is 0. The van der Waals surface area contributed by atoms with E-state index in [1.807, 2.05) is 31.2 Å². The first-order chi connectivity index (χ1) is 5.74. The van der Waals surface area contributed by atoms with Gasteiger partial charge in [0.05, 0.1) is 11.7 Å². The zero-order valence-electron chi connectivity index (χ0n) is 7.33. The van der Waals surface area contributed by atoms with Crippen molar-refractivity contribution in [2.75, 3.05) is 0 Å². The SMILES string of the molecule is C=CC[C@@H](N)c1cccc(C)n1. The highest BCUT2D eigenvalue weighted by Crippen LogP contribution is 2.11. The molecule has 1 atom stereocenters. The second-order valence-corrected chi connectivity index (χ2v) is 2.83. The molecule has 0 bridgehead atoms. The molecular formula is C10H14N2. The Morgan fingerprint density at radius 2 is 2.42 bits per heavy atom. The van der Waals surface area contributed by atoms with Crippen molar-refractivity contribution < 1.29 is 0 Å². The van der Waals surface area contributed by atoms with Gasteiger partial charge in [-0.05, 0) is 25.5 Å². The third kappa shape index (κ3) is 2.17. The van der Waals surface area contributed by atoms with E-state index in [2.05, 4.69) is 11.6 Å². The summed E-state index contributed by atoms with van der Waals surface area (Å²) in [6.45, 7) is 5.60. The summed E-state index contributed by atoms with van der Waals surface area (Å²) in [5.74, 6) is 0. The molecule has 1 rings (SSSR count). The third-order valence-electron chi connectivity index (χ3n) is 1.71. The van der Waals surface area contributed by atoms with E-state index in [1.165, 1.54) is 0 Å². The lowest BCUT2D eigenvalue weighted by atomic mass is 10.1. The van der Waals surface area contributed by atoms with Crippen LogP contribution >= 0.6 is 0 Å². The molecule has 0 radical (unpaired) electrons. The first kappa shape index (κ1) is 8.94. The molecule has 2 nitrogen and oxygen atoms in total. The van der Waals surface area contributed by atoms with Crippen LogP contribution in [0.15, 0.2) is 30.9 Å². The molecule has 12 heavy (non-hydrogen) atoms. The van der Waals surface area contributed by atoms with Gasteiger partial charge in [-0.15, -0.1) is 6.58 Å². The average molecular weight is 162 g/mol. The monoisotopic (exact) mass is 162 g/mol. The number of pyridine rings is 1. The van der Waals surface area contributed by atoms with E-state index in [0.29, 0.717) is 0 Å². The number of nitrogens with two attached hydrogens (primary N) is 1. The largest absolute Gasteiger partial charge is 0.322 e. The Morgan fingerprint density at radius 1 is 1.67 bits per heavy atom. The lowest BCUT2D eigenvalue weighted by Crippen LogP contribution is -2.11. The lowest BCUT2D eigenvalue weighted by Gasteiger charge is -2.08. The Bertz CT molecular complexity index is 268. The first-order valence-electron chi connectivity index (χ1n) is 4.04. The predicted molar refractivity (Wildman–Crippen MR) is 50.7 cm³/mol. The predicted octanol–water partition coefficient (Wildman–Crippen LogP) is 1.97. The smallest absolute Gasteiger partial charge is 0.0577 e. The number of nitrogens with zero attached hydrogens (tertiary/aromatic N) is 1. The van der Waals surface area contributed by atoms with Crippen molar-refractivity contribution in [2.45, 2.75) is 19.4 Å². The quantitative estimate of drug-likeness (QED) is 0.690. The molecule has 1 aromatic heterocycles. The molecule has 0 amide bonds. The van der Waals surface area contributed by atoms with E-state index < -0.39 is 0 Å². The second-order valence-electron chi connectivity index (χ2n) is 2.83. The van der Waals surface area contributed by atoms with Crippen LogP contribution in [-0.2, 0) is 0 Å². The van der Waals surface area contributed by atoms with E-state index >= 15 is 0 Å². The van der Waals surface area contributed by atoms with Gasteiger partial charge >= 0.3 is 0 Å². The molecule has 1 aromatic rings. The van der Waals surface area contributed by atoms with Gasteiger partial charge in [-0.1, -0.05) is 12.1 Å². The number of aryl methyl sites for hydroxylation is 1. The molecule has 0 fully saturated rings. The van der Waals surface area contributed by atoms with Crippen molar-refractivity contribution in [3.05, 3.63) is 42.2 Å². The Labute approximate surface area is 73.1 Å². The van der Waals surface area contributed by atoms with Gasteiger partial charge in [-0.2, -0.15) is 0 Å². The van der Waals surface area contributed by atoms with E-state index in [4.69, 9.17) is 5.73 Å². The molecular weight excluding hydrogens is 148 g/mol. The maximum Gasteiger partial charge on any atom is 0.0577 e. The highest BCUT2D eigenvalue weighted by Gasteiger charge is 2.03. The second kappa shape index (κ2) is 4.02. The summed E-state index contributed by atoms with van der Waals surface area (Å²) >= 11 is 0. The number of aromatic nitrogens is 1. The molecule has 64 valence electrons. The van der Waals surface area contributed by atoms with Crippen molar-refractivity contribution in [3.63, 3.8) is 0 Å². The summed E-state index contributed by atoms with van der Waals surface area (Å²) in [4.78, 5) is 4.32. The Hall–Kier alpha value is -1.15. The molecule has 0 spiro atoms. The summed E-state index contributed by atoms with van der Waals surface area (Å²) in [6, 6.07) is 5.87. The topological polar surface area (TPSA) is 38.9 Å². The van der Waals surface area contributed by atoms with Crippen LogP contribution in [0.4, 0.5) is 0 Å². The minimum atomic E-state index is -0.0117. The Balaban J connectivity index is 2.80. The van der Waals surface area contributed by atoms with Crippen LogP contribution in [0.2, 0.25) is 0 Å². The molecule has 0 aliphatic heterocycles. The van der Waals surface area contributed by atoms with Crippen molar-refractivity contribution in [2.24, 2.45) is 5.73 Å². The van der Waals surface area contributed by atoms with Gasteiger partial charge in [-0.25, -0.2) is 0 Å². The fourth-order valence-corrected chi connectivity index (χ4v) is 1.07. The van der Waals surface area contributed by atoms with Gasteiger partial charge in [0.2, 0.25) is 0 Å². The minimum Gasteiger partial charge on any atom is -0.322 e. The first-order valence-corrected chi connectivity index (χ1v) is 4.04. The normalized spacial score (nSPS) is 12.5. The lowest BCUT2D eigenvalue weighted by molar-refractivity contribution is 0.710. The molecule has 0 unspecified atom stereocenters. The van der Waals surface area contributed by atoms with E-state index in [-0.39, 0.29) is 6.04 Å². The molecule has 2 N–H and O–H groups in total. The van der Waals surface area contributed by atoms with Gasteiger partial charge in [0.1, 0.15) is 0 Å². The van der Waals surface area contributed by atoms with Crippen LogP contribution in [0.1, 0.15) is 23.9 Å². The third-order valence-corrected chi connectivity index (χ3v) is 1.71. The fraction of sp³-hybridized carbons (Fsp3) is 0.300. The Morgan fingerprint density at radius 3 is 3.00 bits per heavy atom. The molecule has 0 saturated carbocycles. The highest BCUT2D eigenvalue weighted by atomic mass is 14.8.